The predicted molar refractivity (Wildman–Crippen MR) is 115 cm³/mol. The molecular formula is C22H18N2O6S. The van der Waals surface area contributed by atoms with E-state index < -0.39 is 15.6 Å². The number of fused-ring (bicyclic) bond motifs is 1. The number of ether oxygens (including phenoxy) is 2. The van der Waals surface area contributed by atoms with Gasteiger partial charge < -0.3 is 13.9 Å². The number of benzene rings is 2. The Bertz CT molecular complexity index is 1410. The molecule has 2 aromatic carbocycles. The molecule has 9 heteroatoms. The van der Waals surface area contributed by atoms with Gasteiger partial charge in [-0.25, -0.2) is 18.2 Å². The van der Waals surface area contributed by atoms with E-state index in [4.69, 9.17) is 13.9 Å². The number of hydrogen-bond donors (Lipinski definition) is 1. The van der Waals surface area contributed by atoms with Crippen LogP contribution in [-0.2, 0) is 10.0 Å². The summed E-state index contributed by atoms with van der Waals surface area (Å²) in [7, 11) is -2.32. The largest absolute Gasteiger partial charge is 0.493 e. The molecule has 0 amide bonds. The van der Waals surface area contributed by atoms with Crippen LogP contribution in [0.4, 0.5) is 5.69 Å². The second kappa shape index (κ2) is 8.11. The number of aromatic nitrogens is 1. The SMILES string of the molecule is COc1cc(C)ccc1Oc1ccc(NS(=O)(=O)c2ccc3oc(=O)ccc3c2)cn1. The van der Waals surface area contributed by atoms with Gasteiger partial charge >= 0.3 is 5.63 Å². The fourth-order valence-electron chi connectivity index (χ4n) is 2.90. The molecule has 4 rings (SSSR count). The van der Waals surface area contributed by atoms with Gasteiger partial charge in [0.15, 0.2) is 11.5 Å². The molecule has 0 atom stereocenters. The molecule has 0 saturated heterocycles. The van der Waals surface area contributed by atoms with Crippen LogP contribution < -0.4 is 19.8 Å². The van der Waals surface area contributed by atoms with Crippen molar-refractivity contribution in [1.29, 1.82) is 0 Å². The molecule has 8 nitrogen and oxygen atoms in total. The third-order valence-electron chi connectivity index (χ3n) is 4.42. The van der Waals surface area contributed by atoms with Crippen molar-refractivity contribution in [3.63, 3.8) is 0 Å². The lowest BCUT2D eigenvalue weighted by atomic mass is 10.2. The quantitative estimate of drug-likeness (QED) is 0.452. The van der Waals surface area contributed by atoms with E-state index >= 15 is 0 Å². The molecular weight excluding hydrogens is 420 g/mol. The molecule has 2 heterocycles. The first kappa shape index (κ1) is 20.4. The van der Waals surface area contributed by atoms with Crippen molar-refractivity contribution >= 4 is 26.7 Å². The Hall–Kier alpha value is -3.85. The lowest BCUT2D eigenvalue weighted by Crippen LogP contribution is -2.13. The second-order valence-corrected chi connectivity index (χ2v) is 8.38. The predicted octanol–water partition coefficient (Wildman–Crippen LogP) is 4.10. The Labute approximate surface area is 178 Å². The number of anilines is 1. The molecule has 4 aromatic rings. The van der Waals surface area contributed by atoms with Gasteiger partial charge in [-0.2, -0.15) is 0 Å². The Morgan fingerprint density at radius 2 is 1.81 bits per heavy atom. The summed E-state index contributed by atoms with van der Waals surface area (Å²) in [6.45, 7) is 1.94. The highest BCUT2D eigenvalue weighted by atomic mass is 32.2. The van der Waals surface area contributed by atoms with Crippen LogP contribution in [0, 0.1) is 6.92 Å². The molecule has 0 spiro atoms. The minimum atomic E-state index is -3.87. The van der Waals surface area contributed by atoms with E-state index in [1.165, 1.54) is 36.5 Å². The van der Waals surface area contributed by atoms with Crippen molar-refractivity contribution in [1.82, 2.24) is 4.98 Å². The maximum absolute atomic E-state index is 12.7. The fourth-order valence-corrected chi connectivity index (χ4v) is 3.98. The van der Waals surface area contributed by atoms with E-state index in [-0.39, 0.29) is 16.5 Å². The van der Waals surface area contributed by atoms with Gasteiger partial charge in [0.2, 0.25) is 5.88 Å². The van der Waals surface area contributed by atoms with Crippen molar-refractivity contribution in [2.75, 3.05) is 11.8 Å². The number of nitrogens with one attached hydrogen (secondary N) is 1. The zero-order valence-corrected chi connectivity index (χ0v) is 17.5. The van der Waals surface area contributed by atoms with Crippen molar-refractivity contribution in [2.24, 2.45) is 0 Å². The standard InChI is InChI=1S/C22H18N2O6S/c1-14-3-7-19(20(11-14)28-2)29-21-9-5-16(13-23-21)24-31(26,27)17-6-8-18-15(12-17)4-10-22(25)30-18/h3-13,24H,1-2H3. The van der Waals surface area contributed by atoms with Gasteiger partial charge in [0, 0.05) is 17.5 Å². The van der Waals surface area contributed by atoms with Gasteiger partial charge in [-0.15, -0.1) is 0 Å². The number of methoxy groups -OCH3 is 1. The zero-order chi connectivity index (χ0) is 22.0. The molecule has 1 N–H and O–H groups in total. The molecule has 0 unspecified atom stereocenters. The molecule has 2 aromatic heterocycles. The molecule has 0 saturated carbocycles. The topological polar surface area (TPSA) is 108 Å². The lowest BCUT2D eigenvalue weighted by Gasteiger charge is -2.11. The molecule has 0 radical (unpaired) electrons. The minimum Gasteiger partial charge on any atom is -0.493 e. The summed E-state index contributed by atoms with van der Waals surface area (Å²) in [5, 5.41) is 0.497. The number of nitrogens with zero attached hydrogens (tertiary/aromatic N) is 1. The van der Waals surface area contributed by atoms with Crippen LogP contribution in [-0.4, -0.2) is 20.5 Å². The Balaban J connectivity index is 1.53. The third kappa shape index (κ3) is 4.51. The summed E-state index contributed by atoms with van der Waals surface area (Å²) in [6.07, 6.45) is 1.35. The first-order valence-electron chi connectivity index (χ1n) is 9.19. The third-order valence-corrected chi connectivity index (χ3v) is 5.80. The highest BCUT2D eigenvalue weighted by Gasteiger charge is 2.16. The number of rotatable bonds is 6. The van der Waals surface area contributed by atoms with Crippen molar-refractivity contribution in [2.45, 2.75) is 11.8 Å². The summed E-state index contributed by atoms with van der Waals surface area (Å²) >= 11 is 0. The average molecular weight is 438 g/mol. The molecule has 0 bridgehead atoms. The fraction of sp³-hybridized carbons (Fsp3) is 0.0909. The van der Waals surface area contributed by atoms with E-state index in [0.29, 0.717) is 22.5 Å². The number of aryl methyl sites for hydroxylation is 1. The summed E-state index contributed by atoms with van der Waals surface area (Å²) in [4.78, 5) is 15.5. The lowest BCUT2D eigenvalue weighted by molar-refractivity contribution is 0.374. The molecule has 0 aliphatic carbocycles. The van der Waals surface area contributed by atoms with Crippen LogP contribution >= 0.6 is 0 Å². The van der Waals surface area contributed by atoms with Gasteiger partial charge in [0.25, 0.3) is 10.0 Å². The van der Waals surface area contributed by atoms with Crippen LogP contribution in [0.5, 0.6) is 17.4 Å². The normalized spacial score (nSPS) is 11.3. The molecule has 0 fully saturated rings. The Morgan fingerprint density at radius 3 is 2.55 bits per heavy atom. The maximum atomic E-state index is 12.7. The van der Waals surface area contributed by atoms with Crippen molar-refractivity contribution in [3.05, 3.63) is 82.8 Å². The summed E-state index contributed by atoms with van der Waals surface area (Å²) in [6, 6.07) is 15.6. The van der Waals surface area contributed by atoms with Crippen LogP contribution in [0.3, 0.4) is 0 Å². The molecule has 158 valence electrons. The van der Waals surface area contributed by atoms with Crippen LogP contribution in [0.2, 0.25) is 0 Å². The van der Waals surface area contributed by atoms with E-state index in [9.17, 15) is 13.2 Å². The van der Waals surface area contributed by atoms with Gasteiger partial charge in [0.1, 0.15) is 5.58 Å². The van der Waals surface area contributed by atoms with E-state index in [2.05, 4.69) is 9.71 Å². The van der Waals surface area contributed by atoms with E-state index in [0.717, 1.165) is 5.56 Å². The molecule has 0 aliphatic heterocycles. The highest BCUT2D eigenvalue weighted by molar-refractivity contribution is 7.92. The van der Waals surface area contributed by atoms with Gasteiger partial charge in [-0.1, -0.05) is 6.07 Å². The average Bonchev–Trinajstić information content (AvgIpc) is 2.75. The number of pyridine rings is 1. The summed E-state index contributed by atoms with van der Waals surface area (Å²) < 4.78 is 44.0. The van der Waals surface area contributed by atoms with Crippen LogP contribution in [0.1, 0.15) is 5.56 Å². The smallest absolute Gasteiger partial charge is 0.336 e. The molecule has 0 aliphatic rings. The van der Waals surface area contributed by atoms with E-state index in [1.807, 2.05) is 19.1 Å². The molecule has 31 heavy (non-hydrogen) atoms. The second-order valence-electron chi connectivity index (χ2n) is 6.70. The number of hydrogen-bond acceptors (Lipinski definition) is 7. The maximum Gasteiger partial charge on any atom is 0.336 e. The van der Waals surface area contributed by atoms with Gasteiger partial charge in [-0.05, 0) is 55.0 Å². The van der Waals surface area contributed by atoms with Crippen LogP contribution in [0.25, 0.3) is 11.0 Å². The van der Waals surface area contributed by atoms with Crippen LogP contribution in [0.15, 0.2) is 81.0 Å². The number of sulfonamides is 1. The summed E-state index contributed by atoms with van der Waals surface area (Å²) in [5.74, 6) is 1.35. The minimum absolute atomic E-state index is 0.0265. The van der Waals surface area contributed by atoms with Crippen molar-refractivity contribution in [3.8, 4) is 17.4 Å². The summed E-state index contributed by atoms with van der Waals surface area (Å²) in [5.41, 5.74) is 1.10. The Kier molecular flexibility index (Phi) is 5.35. The van der Waals surface area contributed by atoms with Crippen molar-refractivity contribution < 1.29 is 22.3 Å². The van der Waals surface area contributed by atoms with Gasteiger partial charge in [0.05, 0.1) is 23.9 Å². The first-order chi connectivity index (χ1) is 14.8. The van der Waals surface area contributed by atoms with Gasteiger partial charge in [-0.3, -0.25) is 4.72 Å². The Morgan fingerprint density at radius 1 is 0.968 bits per heavy atom. The highest BCUT2D eigenvalue weighted by Crippen LogP contribution is 2.31. The first-order valence-corrected chi connectivity index (χ1v) is 10.7. The van der Waals surface area contributed by atoms with E-state index in [1.54, 1.807) is 25.3 Å². The zero-order valence-electron chi connectivity index (χ0n) is 16.7. The monoisotopic (exact) mass is 438 g/mol.